The first-order valence-corrected chi connectivity index (χ1v) is 10.5. The van der Waals surface area contributed by atoms with Crippen molar-refractivity contribution in [1.29, 1.82) is 0 Å². The molecule has 3 heterocycles. The van der Waals surface area contributed by atoms with Gasteiger partial charge in [-0.3, -0.25) is 19.2 Å². The second kappa shape index (κ2) is 9.96. The summed E-state index contributed by atoms with van der Waals surface area (Å²) in [6.45, 7) is 3.21. The summed E-state index contributed by atoms with van der Waals surface area (Å²) in [5.74, 6) is 1.22. The quantitative estimate of drug-likeness (QED) is 0.579. The Morgan fingerprint density at radius 3 is 2.61 bits per heavy atom. The van der Waals surface area contributed by atoms with E-state index in [2.05, 4.69) is 9.88 Å². The monoisotopic (exact) mass is 441 g/mol. The van der Waals surface area contributed by atoms with Crippen LogP contribution in [0.1, 0.15) is 12.1 Å². The number of pyridine rings is 2. The molecule has 1 fully saturated rings. The van der Waals surface area contributed by atoms with Crippen LogP contribution in [0.3, 0.4) is 0 Å². The van der Waals surface area contributed by atoms with Crippen LogP contribution in [-0.4, -0.2) is 51.9 Å². The predicted octanol–water partition coefficient (Wildman–Crippen LogP) is 2.91. The lowest BCUT2D eigenvalue weighted by Crippen LogP contribution is -2.27. The zero-order valence-electron chi connectivity index (χ0n) is 17.0. The normalized spacial score (nSPS) is 16.4. The zero-order valence-corrected chi connectivity index (χ0v) is 17.7. The Balaban J connectivity index is 1.32. The summed E-state index contributed by atoms with van der Waals surface area (Å²) in [4.78, 5) is 18.9. The fraction of sp³-hybridized carbons (Fsp3) is 0.304. The average Bonchev–Trinajstić information content (AvgIpc) is 3.19. The number of halogens is 1. The Hall–Kier alpha value is -2.87. The molecule has 1 aliphatic heterocycles. The van der Waals surface area contributed by atoms with Crippen LogP contribution in [0, 0.1) is 0 Å². The molecule has 0 amide bonds. The van der Waals surface area contributed by atoms with Crippen LogP contribution in [0.2, 0.25) is 5.02 Å². The van der Waals surface area contributed by atoms with Crippen LogP contribution >= 0.6 is 11.6 Å². The molecule has 162 valence electrons. The maximum absolute atomic E-state index is 12.5. The van der Waals surface area contributed by atoms with Crippen molar-refractivity contribution in [2.24, 2.45) is 0 Å². The number of aliphatic hydroxyl groups excluding tert-OH is 1. The fourth-order valence-electron chi connectivity index (χ4n) is 3.42. The van der Waals surface area contributed by atoms with Crippen molar-refractivity contribution in [2.45, 2.75) is 19.1 Å². The Labute approximate surface area is 185 Å². The SMILES string of the molecule is O=c1cc(OCc2ccc(Cl)cn2)ccn1-c1ccc(OCCN2CC[C@@H](O)C2)cc1. The number of ether oxygens (including phenoxy) is 2. The van der Waals surface area contributed by atoms with Crippen molar-refractivity contribution in [1.82, 2.24) is 14.5 Å². The Kier molecular flexibility index (Phi) is 6.86. The van der Waals surface area contributed by atoms with Crippen LogP contribution in [0.15, 0.2) is 65.7 Å². The smallest absolute Gasteiger partial charge is 0.258 e. The van der Waals surface area contributed by atoms with Crippen LogP contribution in [0.25, 0.3) is 5.69 Å². The van der Waals surface area contributed by atoms with E-state index >= 15 is 0 Å². The van der Waals surface area contributed by atoms with Gasteiger partial charge in [-0.2, -0.15) is 0 Å². The van der Waals surface area contributed by atoms with E-state index in [0.29, 0.717) is 23.9 Å². The van der Waals surface area contributed by atoms with Gasteiger partial charge >= 0.3 is 0 Å². The second-order valence-corrected chi connectivity index (χ2v) is 7.85. The summed E-state index contributed by atoms with van der Waals surface area (Å²) in [5, 5.41) is 10.1. The third kappa shape index (κ3) is 5.85. The van der Waals surface area contributed by atoms with Crippen LogP contribution in [-0.2, 0) is 6.61 Å². The lowest BCUT2D eigenvalue weighted by Gasteiger charge is -2.15. The van der Waals surface area contributed by atoms with Gasteiger partial charge < -0.3 is 14.6 Å². The molecule has 4 rings (SSSR count). The molecule has 7 nitrogen and oxygen atoms in total. The van der Waals surface area contributed by atoms with Crippen LogP contribution < -0.4 is 15.0 Å². The maximum Gasteiger partial charge on any atom is 0.258 e. The van der Waals surface area contributed by atoms with E-state index in [-0.39, 0.29) is 18.3 Å². The van der Waals surface area contributed by atoms with Gasteiger partial charge in [-0.15, -0.1) is 0 Å². The molecule has 1 aromatic carbocycles. The van der Waals surface area contributed by atoms with Gasteiger partial charge in [0, 0.05) is 43.8 Å². The van der Waals surface area contributed by atoms with E-state index in [4.69, 9.17) is 21.1 Å². The summed E-state index contributed by atoms with van der Waals surface area (Å²) < 4.78 is 13.0. The van der Waals surface area contributed by atoms with Gasteiger partial charge in [0.15, 0.2) is 0 Å². The second-order valence-electron chi connectivity index (χ2n) is 7.41. The molecule has 1 atom stereocenters. The van der Waals surface area contributed by atoms with Gasteiger partial charge in [0.2, 0.25) is 0 Å². The van der Waals surface area contributed by atoms with Crippen LogP contribution in [0.5, 0.6) is 11.5 Å². The maximum atomic E-state index is 12.5. The third-order valence-corrected chi connectivity index (χ3v) is 5.33. The number of rotatable bonds is 8. The van der Waals surface area contributed by atoms with E-state index in [0.717, 1.165) is 36.6 Å². The summed E-state index contributed by atoms with van der Waals surface area (Å²) >= 11 is 5.83. The lowest BCUT2D eigenvalue weighted by atomic mass is 10.3. The molecule has 1 N–H and O–H groups in total. The largest absolute Gasteiger partial charge is 0.492 e. The van der Waals surface area contributed by atoms with Gasteiger partial charge in [0.05, 0.1) is 16.8 Å². The molecule has 3 aromatic rings. The molecular formula is C23H24ClN3O4. The van der Waals surface area contributed by atoms with Gasteiger partial charge in [-0.05, 0) is 48.9 Å². The highest BCUT2D eigenvalue weighted by Crippen LogP contribution is 2.17. The summed E-state index contributed by atoms with van der Waals surface area (Å²) in [6, 6.07) is 14.1. The highest BCUT2D eigenvalue weighted by atomic mass is 35.5. The van der Waals surface area contributed by atoms with Gasteiger partial charge in [-0.25, -0.2) is 0 Å². The summed E-state index contributed by atoms with van der Waals surface area (Å²) in [6.07, 6.45) is 3.85. The Bertz CT molecular complexity index is 1050. The van der Waals surface area contributed by atoms with Crippen molar-refractivity contribution in [3.63, 3.8) is 0 Å². The zero-order chi connectivity index (χ0) is 21.6. The number of β-amino-alcohol motifs (C(OH)–C–C–N with tert-alkyl or cyclic N) is 1. The molecule has 1 aliphatic rings. The number of hydrogen-bond donors (Lipinski definition) is 1. The molecular weight excluding hydrogens is 418 g/mol. The van der Waals surface area contributed by atoms with E-state index in [1.807, 2.05) is 24.3 Å². The van der Waals surface area contributed by atoms with Crippen molar-refractivity contribution in [3.8, 4) is 17.2 Å². The van der Waals surface area contributed by atoms with E-state index in [1.165, 1.54) is 6.07 Å². The molecule has 0 aliphatic carbocycles. The molecule has 0 saturated carbocycles. The number of aliphatic hydroxyl groups is 1. The minimum Gasteiger partial charge on any atom is -0.492 e. The molecule has 0 radical (unpaired) electrons. The topological polar surface area (TPSA) is 76.8 Å². The first-order valence-electron chi connectivity index (χ1n) is 10.2. The highest BCUT2D eigenvalue weighted by Gasteiger charge is 2.19. The summed E-state index contributed by atoms with van der Waals surface area (Å²) in [7, 11) is 0. The molecule has 0 bridgehead atoms. The number of aromatic nitrogens is 2. The van der Waals surface area contributed by atoms with Gasteiger partial charge in [-0.1, -0.05) is 11.6 Å². The van der Waals surface area contributed by atoms with E-state index in [9.17, 15) is 9.90 Å². The molecule has 0 unspecified atom stereocenters. The molecule has 8 heteroatoms. The minimum absolute atomic E-state index is 0.192. The van der Waals surface area contributed by atoms with Gasteiger partial charge in [0.1, 0.15) is 24.7 Å². The van der Waals surface area contributed by atoms with E-state index < -0.39 is 0 Å². The van der Waals surface area contributed by atoms with Crippen LogP contribution in [0.4, 0.5) is 0 Å². The van der Waals surface area contributed by atoms with Crippen molar-refractivity contribution >= 4 is 11.6 Å². The lowest BCUT2D eigenvalue weighted by molar-refractivity contribution is 0.167. The number of nitrogens with zero attached hydrogens (tertiary/aromatic N) is 3. The number of likely N-dealkylation sites (tertiary alicyclic amines) is 1. The predicted molar refractivity (Wildman–Crippen MR) is 118 cm³/mol. The van der Waals surface area contributed by atoms with Crippen molar-refractivity contribution in [2.75, 3.05) is 26.2 Å². The first kappa shape index (κ1) is 21.4. The molecule has 2 aromatic heterocycles. The van der Waals surface area contributed by atoms with E-state index in [1.54, 1.807) is 35.2 Å². The standard InChI is InChI=1S/C23H24ClN3O4/c24-17-1-2-18(25-14-17)16-31-22-8-10-27(23(29)13-22)19-3-5-21(6-4-19)30-12-11-26-9-7-20(28)15-26/h1-6,8,10,13-14,20,28H,7,9,11-12,15-16H2/t20-/m1/s1. The fourth-order valence-corrected chi connectivity index (χ4v) is 3.54. The average molecular weight is 442 g/mol. The Morgan fingerprint density at radius 2 is 1.94 bits per heavy atom. The minimum atomic E-state index is -0.219. The summed E-state index contributed by atoms with van der Waals surface area (Å²) in [5.41, 5.74) is 1.28. The Morgan fingerprint density at radius 1 is 1.10 bits per heavy atom. The first-order chi connectivity index (χ1) is 15.1. The van der Waals surface area contributed by atoms with Crippen molar-refractivity contribution < 1.29 is 14.6 Å². The number of benzene rings is 1. The van der Waals surface area contributed by atoms with Gasteiger partial charge in [0.25, 0.3) is 5.56 Å². The molecule has 1 saturated heterocycles. The number of hydrogen-bond acceptors (Lipinski definition) is 6. The molecule has 0 spiro atoms. The third-order valence-electron chi connectivity index (χ3n) is 5.11. The molecule has 31 heavy (non-hydrogen) atoms. The van der Waals surface area contributed by atoms with Crippen molar-refractivity contribution in [3.05, 3.63) is 82.0 Å². The highest BCUT2D eigenvalue weighted by molar-refractivity contribution is 6.30.